The highest BCUT2D eigenvalue weighted by Crippen LogP contribution is 2.12. The van der Waals surface area contributed by atoms with E-state index in [1.807, 2.05) is 19.1 Å². The summed E-state index contributed by atoms with van der Waals surface area (Å²) in [5.41, 5.74) is 2.06. The highest BCUT2D eigenvalue weighted by molar-refractivity contribution is 7.07. The van der Waals surface area contributed by atoms with Gasteiger partial charge in [-0.25, -0.2) is 0 Å². The largest absolute Gasteiger partial charge is 0.322 e. The molecule has 0 bridgehead atoms. The van der Waals surface area contributed by atoms with Crippen LogP contribution in [-0.4, -0.2) is 15.8 Å². The van der Waals surface area contributed by atoms with Crippen molar-refractivity contribution < 1.29 is 9.72 Å². The van der Waals surface area contributed by atoms with E-state index in [2.05, 4.69) is 10.3 Å². The average Bonchev–Trinajstić information content (AvgIpc) is 2.96. The predicted octanol–water partition coefficient (Wildman–Crippen LogP) is 1.90. The van der Waals surface area contributed by atoms with Gasteiger partial charge in [-0.3, -0.25) is 19.7 Å². The average molecular weight is 381 g/mol. The SMILES string of the molecule is Cc1ccc(NC(=O)C=c2[nH]c(=O)c(=Cc3ccc([N+](=O)[O-])cc3)s2)cc1. The fraction of sp³-hybridized carbons (Fsp3) is 0.0526. The van der Waals surface area contributed by atoms with Gasteiger partial charge >= 0.3 is 0 Å². The molecule has 0 aliphatic rings. The number of benzene rings is 2. The van der Waals surface area contributed by atoms with Crippen LogP contribution in [0.25, 0.3) is 12.2 Å². The fourth-order valence-corrected chi connectivity index (χ4v) is 3.19. The zero-order chi connectivity index (χ0) is 19.4. The number of amides is 1. The maximum Gasteiger partial charge on any atom is 0.269 e. The molecule has 2 N–H and O–H groups in total. The van der Waals surface area contributed by atoms with Gasteiger partial charge in [0.15, 0.2) is 0 Å². The van der Waals surface area contributed by atoms with Crippen LogP contribution in [0.4, 0.5) is 11.4 Å². The van der Waals surface area contributed by atoms with E-state index in [1.165, 1.54) is 18.2 Å². The third-order valence-electron chi connectivity index (χ3n) is 3.66. The minimum Gasteiger partial charge on any atom is -0.322 e. The van der Waals surface area contributed by atoms with Crippen molar-refractivity contribution >= 4 is 40.8 Å². The topological polar surface area (TPSA) is 105 Å². The molecule has 3 aromatic rings. The molecule has 0 unspecified atom stereocenters. The van der Waals surface area contributed by atoms with E-state index < -0.39 is 4.92 Å². The van der Waals surface area contributed by atoms with Crippen molar-refractivity contribution in [3.8, 4) is 0 Å². The normalized spacial score (nSPS) is 12.2. The summed E-state index contributed by atoms with van der Waals surface area (Å²) in [6.45, 7) is 1.96. The Kier molecular flexibility index (Phi) is 5.28. The number of nitrogens with one attached hydrogen (secondary N) is 2. The van der Waals surface area contributed by atoms with Crippen LogP contribution in [0, 0.1) is 17.0 Å². The van der Waals surface area contributed by atoms with Crippen LogP contribution in [0.5, 0.6) is 0 Å². The number of aromatic nitrogens is 1. The van der Waals surface area contributed by atoms with E-state index in [1.54, 1.807) is 30.3 Å². The maximum absolute atomic E-state index is 12.1. The molecule has 1 amide bonds. The van der Waals surface area contributed by atoms with Gasteiger partial charge in [-0.1, -0.05) is 17.7 Å². The van der Waals surface area contributed by atoms with E-state index in [0.29, 0.717) is 20.4 Å². The van der Waals surface area contributed by atoms with Gasteiger partial charge < -0.3 is 10.3 Å². The number of rotatable bonds is 4. The first kappa shape index (κ1) is 18.3. The van der Waals surface area contributed by atoms with Gasteiger partial charge in [0.1, 0.15) is 4.66 Å². The van der Waals surface area contributed by atoms with Crippen molar-refractivity contribution in [2.45, 2.75) is 6.92 Å². The smallest absolute Gasteiger partial charge is 0.269 e. The van der Waals surface area contributed by atoms with Crippen LogP contribution < -0.4 is 20.1 Å². The second-order valence-corrected chi connectivity index (χ2v) is 6.86. The molecule has 27 heavy (non-hydrogen) atoms. The molecule has 3 rings (SSSR count). The van der Waals surface area contributed by atoms with Crippen LogP contribution in [0.1, 0.15) is 11.1 Å². The van der Waals surface area contributed by atoms with Gasteiger partial charge in [0.05, 0.1) is 9.46 Å². The van der Waals surface area contributed by atoms with Gasteiger partial charge in [0.25, 0.3) is 17.2 Å². The van der Waals surface area contributed by atoms with E-state index in [-0.39, 0.29) is 17.2 Å². The zero-order valence-corrected chi connectivity index (χ0v) is 15.1. The molecule has 7 nitrogen and oxygen atoms in total. The summed E-state index contributed by atoms with van der Waals surface area (Å²) in [6.07, 6.45) is 2.93. The van der Waals surface area contributed by atoms with Crippen LogP contribution >= 0.6 is 11.3 Å². The number of non-ortho nitro benzene ring substituents is 1. The second-order valence-electron chi connectivity index (χ2n) is 5.78. The lowest BCUT2D eigenvalue weighted by molar-refractivity contribution is -0.384. The summed E-state index contributed by atoms with van der Waals surface area (Å²) in [4.78, 5) is 37.0. The van der Waals surface area contributed by atoms with Crippen molar-refractivity contribution in [3.63, 3.8) is 0 Å². The van der Waals surface area contributed by atoms with Crippen LogP contribution in [-0.2, 0) is 4.79 Å². The van der Waals surface area contributed by atoms with Gasteiger partial charge in [0.2, 0.25) is 0 Å². The number of anilines is 1. The summed E-state index contributed by atoms with van der Waals surface area (Å²) < 4.78 is 0.816. The molecule has 1 aromatic heterocycles. The monoisotopic (exact) mass is 381 g/mol. The summed E-state index contributed by atoms with van der Waals surface area (Å²) in [7, 11) is 0. The number of nitrogens with zero attached hydrogens (tertiary/aromatic N) is 1. The highest BCUT2D eigenvalue weighted by Gasteiger charge is 2.04. The molecule has 0 radical (unpaired) electrons. The first-order valence-corrected chi connectivity index (χ1v) is 8.77. The van der Waals surface area contributed by atoms with E-state index in [9.17, 15) is 19.7 Å². The van der Waals surface area contributed by atoms with Crippen molar-refractivity contribution in [1.29, 1.82) is 0 Å². The van der Waals surface area contributed by atoms with Gasteiger partial charge in [-0.05, 0) is 42.8 Å². The molecule has 136 valence electrons. The first-order chi connectivity index (χ1) is 12.9. The lowest BCUT2D eigenvalue weighted by Crippen LogP contribution is -2.20. The number of aromatic amines is 1. The Morgan fingerprint density at radius 2 is 1.81 bits per heavy atom. The Labute approximate surface area is 157 Å². The number of nitro benzene ring substituents is 1. The first-order valence-electron chi connectivity index (χ1n) is 7.95. The lowest BCUT2D eigenvalue weighted by atomic mass is 10.2. The van der Waals surface area contributed by atoms with Gasteiger partial charge in [-0.15, -0.1) is 11.3 Å². The number of carbonyl (C=O) groups is 1. The number of thiazole rings is 1. The Morgan fingerprint density at radius 3 is 2.44 bits per heavy atom. The molecule has 2 aromatic carbocycles. The molecule has 8 heteroatoms. The quantitative estimate of drug-likeness (QED) is 0.532. The van der Waals surface area contributed by atoms with Crippen LogP contribution in [0.15, 0.2) is 53.3 Å². The Balaban J connectivity index is 1.83. The predicted molar refractivity (Wildman–Crippen MR) is 105 cm³/mol. The molecule has 0 atom stereocenters. The third-order valence-corrected chi connectivity index (χ3v) is 4.63. The van der Waals surface area contributed by atoms with E-state index >= 15 is 0 Å². The fourth-order valence-electron chi connectivity index (χ4n) is 2.30. The van der Waals surface area contributed by atoms with Crippen molar-refractivity contribution in [2.24, 2.45) is 0 Å². The standard InChI is InChI=1S/C19H15N3O4S/c1-12-2-6-14(7-3-12)20-17(23)11-18-21-19(24)16(27-18)10-13-4-8-15(9-5-13)22(25)26/h2-11H,1H3,(H,20,23)(H,21,24). The molecule has 1 heterocycles. The van der Waals surface area contributed by atoms with E-state index in [4.69, 9.17) is 0 Å². The van der Waals surface area contributed by atoms with E-state index in [0.717, 1.165) is 16.9 Å². The minimum absolute atomic E-state index is 0.0194. The molecule has 0 spiro atoms. The van der Waals surface area contributed by atoms with Crippen LogP contribution in [0.2, 0.25) is 0 Å². The lowest BCUT2D eigenvalue weighted by Gasteiger charge is -2.01. The molecular formula is C19H15N3O4S. The third kappa shape index (κ3) is 4.77. The second kappa shape index (κ2) is 7.79. The van der Waals surface area contributed by atoms with Crippen molar-refractivity contribution in [2.75, 3.05) is 5.32 Å². The molecule has 0 aliphatic heterocycles. The number of H-pyrrole nitrogens is 1. The zero-order valence-electron chi connectivity index (χ0n) is 14.3. The summed E-state index contributed by atoms with van der Waals surface area (Å²) >= 11 is 1.13. The Morgan fingerprint density at radius 1 is 1.15 bits per heavy atom. The Bertz CT molecular complexity index is 1160. The van der Waals surface area contributed by atoms with Crippen molar-refractivity contribution in [1.82, 2.24) is 4.98 Å². The summed E-state index contributed by atoms with van der Waals surface area (Å²) in [5.74, 6) is -0.349. The number of hydrogen-bond donors (Lipinski definition) is 2. The molecule has 0 saturated heterocycles. The number of hydrogen-bond acceptors (Lipinski definition) is 5. The summed E-state index contributed by atoms with van der Waals surface area (Å²) in [6, 6.07) is 13.2. The van der Waals surface area contributed by atoms with Crippen LogP contribution in [0.3, 0.4) is 0 Å². The number of aryl methyl sites for hydroxylation is 1. The minimum atomic E-state index is -0.485. The molecule has 0 saturated carbocycles. The number of nitro groups is 1. The van der Waals surface area contributed by atoms with Gasteiger partial charge in [0, 0.05) is 23.9 Å². The highest BCUT2D eigenvalue weighted by atomic mass is 32.1. The molecule has 0 fully saturated rings. The van der Waals surface area contributed by atoms with Gasteiger partial charge in [-0.2, -0.15) is 0 Å². The summed E-state index contributed by atoms with van der Waals surface area (Å²) in [5, 5.41) is 13.4. The van der Waals surface area contributed by atoms with Crippen molar-refractivity contribution in [3.05, 3.63) is 89.3 Å². The maximum atomic E-state index is 12.1. The molecular weight excluding hydrogens is 366 g/mol. The Hall–Kier alpha value is -3.52. The number of carbonyl (C=O) groups excluding carboxylic acids is 1. The molecule has 0 aliphatic carbocycles.